The Bertz CT molecular complexity index is 1080. The minimum atomic E-state index is -0.394. The number of amides is 1. The van der Waals surface area contributed by atoms with E-state index >= 15 is 0 Å². The molecule has 1 N–H and O–H groups in total. The molecular weight excluding hydrogens is 427 g/mol. The van der Waals surface area contributed by atoms with Crippen LogP contribution in [-0.4, -0.2) is 36.1 Å². The minimum Gasteiger partial charge on any atom is -0.493 e. The third-order valence-corrected chi connectivity index (χ3v) is 5.01. The summed E-state index contributed by atoms with van der Waals surface area (Å²) in [5, 5.41) is 9.55. The van der Waals surface area contributed by atoms with Gasteiger partial charge in [0.2, 0.25) is 0 Å². The van der Waals surface area contributed by atoms with Gasteiger partial charge in [0.1, 0.15) is 5.15 Å². The van der Waals surface area contributed by atoms with Crippen molar-refractivity contribution >= 4 is 35.3 Å². The number of nitrogens with one attached hydrogen (secondary N) is 1. The number of hydrogen-bond donors (Lipinski definition) is 1. The number of ether oxygens (including phenoxy) is 2. The molecule has 2 aromatic carbocycles. The van der Waals surface area contributed by atoms with Crippen molar-refractivity contribution in [1.29, 1.82) is 0 Å². The molecule has 0 unspecified atom stereocenters. The summed E-state index contributed by atoms with van der Waals surface area (Å²) >= 11 is 12.4. The van der Waals surface area contributed by atoms with E-state index in [2.05, 4.69) is 15.6 Å². The summed E-state index contributed by atoms with van der Waals surface area (Å²) < 4.78 is 12.0. The highest BCUT2D eigenvalue weighted by molar-refractivity contribution is 6.32. The molecule has 3 rings (SSSR count). The molecule has 9 heteroatoms. The summed E-state index contributed by atoms with van der Waals surface area (Å²) in [7, 11) is 3.03. The van der Waals surface area contributed by atoms with Gasteiger partial charge in [-0.15, -0.1) is 0 Å². The van der Waals surface area contributed by atoms with Crippen molar-refractivity contribution < 1.29 is 14.3 Å². The molecule has 3 aromatic rings. The van der Waals surface area contributed by atoms with Crippen LogP contribution in [0.3, 0.4) is 0 Å². The zero-order chi connectivity index (χ0) is 21.7. The van der Waals surface area contributed by atoms with Crippen LogP contribution < -0.4 is 14.9 Å². The van der Waals surface area contributed by atoms with E-state index in [9.17, 15) is 4.79 Å². The van der Waals surface area contributed by atoms with E-state index in [-0.39, 0.29) is 0 Å². The highest BCUT2D eigenvalue weighted by Crippen LogP contribution is 2.27. The first kappa shape index (κ1) is 21.7. The average Bonchev–Trinajstić information content (AvgIpc) is 3.02. The Morgan fingerprint density at radius 2 is 1.83 bits per heavy atom. The van der Waals surface area contributed by atoms with E-state index in [0.717, 1.165) is 5.56 Å². The number of carbonyl (C=O) groups excluding carboxylic acids is 1. The minimum absolute atomic E-state index is 0.381. The smallest absolute Gasteiger partial charge is 0.271 e. The number of rotatable bonds is 7. The highest BCUT2D eigenvalue weighted by Gasteiger charge is 2.13. The third kappa shape index (κ3) is 4.93. The molecule has 0 spiro atoms. The molecule has 0 atom stereocenters. The fourth-order valence-corrected chi connectivity index (χ4v) is 3.19. The second kappa shape index (κ2) is 9.65. The van der Waals surface area contributed by atoms with Gasteiger partial charge in [0.25, 0.3) is 5.91 Å². The lowest BCUT2D eigenvalue weighted by Gasteiger charge is -2.08. The van der Waals surface area contributed by atoms with E-state index in [1.54, 1.807) is 22.9 Å². The van der Waals surface area contributed by atoms with Crippen LogP contribution in [0, 0.1) is 6.92 Å². The number of aryl methyl sites for hydroxylation is 1. The summed E-state index contributed by atoms with van der Waals surface area (Å²) in [6.07, 6.45) is 1.47. The second-order valence-corrected chi connectivity index (χ2v) is 7.14. The maximum Gasteiger partial charge on any atom is 0.271 e. The Kier molecular flexibility index (Phi) is 6.97. The van der Waals surface area contributed by atoms with Gasteiger partial charge >= 0.3 is 0 Å². The predicted octanol–water partition coefficient (Wildman–Crippen LogP) is 4.33. The molecule has 0 aliphatic carbocycles. The molecule has 0 aliphatic rings. The van der Waals surface area contributed by atoms with Crippen LogP contribution in [0.1, 0.15) is 27.2 Å². The van der Waals surface area contributed by atoms with Gasteiger partial charge in [0.15, 0.2) is 11.5 Å². The van der Waals surface area contributed by atoms with Crippen molar-refractivity contribution in [3.8, 4) is 11.5 Å². The van der Waals surface area contributed by atoms with Crippen molar-refractivity contribution in [2.75, 3.05) is 14.2 Å². The molecule has 0 aliphatic heterocycles. The summed E-state index contributed by atoms with van der Waals surface area (Å²) in [6, 6.07) is 12.3. The first-order chi connectivity index (χ1) is 14.4. The Morgan fingerprint density at radius 1 is 1.13 bits per heavy atom. The van der Waals surface area contributed by atoms with Gasteiger partial charge in [0, 0.05) is 10.6 Å². The van der Waals surface area contributed by atoms with Gasteiger partial charge in [-0.1, -0.05) is 35.3 Å². The molecular formula is C21H20Cl2N4O3. The van der Waals surface area contributed by atoms with E-state index in [1.165, 1.54) is 20.4 Å². The lowest BCUT2D eigenvalue weighted by Crippen LogP contribution is -2.17. The van der Waals surface area contributed by atoms with Crippen LogP contribution >= 0.6 is 23.2 Å². The molecule has 0 bridgehead atoms. The summed E-state index contributed by atoms with van der Waals surface area (Å²) in [5.41, 5.74) is 5.18. The van der Waals surface area contributed by atoms with Crippen molar-refractivity contribution in [2.24, 2.45) is 5.10 Å². The first-order valence-corrected chi connectivity index (χ1v) is 9.71. The number of carbonyl (C=O) groups is 1. The van der Waals surface area contributed by atoms with E-state index in [0.29, 0.717) is 45.0 Å². The largest absolute Gasteiger partial charge is 0.493 e. The SMILES string of the molecule is COc1ccc(C(=O)N/N=C/c2c(C)nn(Cc3ccc(Cl)cc3)c2Cl)cc1OC. The Hall–Kier alpha value is -3.03. The van der Waals surface area contributed by atoms with Gasteiger partial charge in [-0.05, 0) is 42.8 Å². The predicted molar refractivity (Wildman–Crippen MR) is 117 cm³/mol. The zero-order valence-corrected chi connectivity index (χ0v) is 18.2. The fourth-order valence-electron chi connectivity index (χ4n) is 2.78. The van der Waals surface area contributed by atoms with Crippen molar-refractivity contribution in [3.63, 3.8) is 0 Å². The molecule has 1 heterocycles. The van der Waals surface area contributed by atoms with Crippen LogP contribution in [0.2, 0.25) is 10.2 Å². The Labute approximate surface area is 184 Å². The monoisotopic (exact) mass is 446 g/mol. The van der Waals surface area contributed by atoms with Crippen LogP contribution in [0.4, 0.5) is 0 Å². The second-order valence-electron chi connectivity index (χ2n) is 6.34. The third-order valence-electron chi connectivity index (χ3n) is 4.36. The van der Waals surface area contributed by atoms with Gasteiger partial charge in [-0.25, -0.2) is 10.1 Å². The first-order valence-electron chi connectivity index (χ1n) is 8.95. The molecule has 30 heavy (non-hydrogen) atoms. The van der Waals surface area contributed by atoms with Crippen molar-refractivity contribution in [1.82, 2.24) is 15.2 Å². The van der Waals surface area contributed by atoms with Crippen LogP contribution in [-0.2, 0) is 6.54 Å². The van der Waals surface area contributed by atoms with E-state index < -0.39 is 5.91 Å². The van der Waals surface area contributed by atoms with Gasteiger partial charge in [-0.2, -0.15) is 10.2 Å². The quantitative estimate of drug-likeness (QED) is 0.432. The molecule has 7 nitrogen and oxygen atoms in total. The number of hydrogen-bond acceptors (Lipinski definition) is 5. The highest BCUT2D eigenvalue weighted by atomic mass is 35.5. The number of nitrogens with zero attached hydrogens (tertiary/aromatic N) is 3. The number of benzene rings is 2. The summed E-state index contributed by atoms with van der Waals surface area (Å²) in [4.78, 5) is 12.4. The number of aromatic nitrogens is 2. The van der Waals surface area contributed by atoms with E-state index in [1.807, 2.05) is 31.2 Å². The molecule has 0 radical (unpaired) electrons. The average molecular weight is 447 g/mol. The maximum atomic E-state index is 12.4. The fraction of sp³-hybridized carbons (Fsp3) is 0.190. The van der Waals surface area contributed by atoms with Gasteiger partial charge in [0.05, 0.1) is 38.2 Å². The lowest BCUT2D eigenvalue weighted by molar-refractivity contribution is 0.0954. The standard InChI is InChI=1S/C21H20Cl2N4O3/c1-13-17(20(23)27(26-13)12-14-4-7-16(22)8-5-14)11-24-25-21(28)15-6-9-18(29-2)19(10-15)30-3/h4-11H,12H2,1-3H3,(H,25,28)/b24-11+. The molecule has 0 fully saturated rings. The van der Waals surface area contributed by atoms with Crippen LogP contribution in [0.15, 0.2) is 47.6 Å². The molecule has 1 aromatic heterocycles. The summed E-state index contributed by atoms with van der Waals surface area (Å²) in [5.74, 6) is 0.596. The number of hydrazone groups is 1. The van der Waals surface area contributed by atoms with E-state index in [4.69, 9.17) is 32.7 Å². The molecule has 0 saturated carbocycles. The van der Waals surface area contributed by atoms with Crippen molar-refractivity contribution in [3.05, 3.63) is 75.0 Å². The summed E-state index contributed by atoms with van der Waals surface area (Å²) in [6.45, 7) is 2.31. The molecule has 1 amide bonds. The van der Waals surface area contributed by atoms with Crippen LogP contribution in [0.25, 0.3) is 0 Å². The van der Waals surface area contributed by atoms with Gasteiger partial charge < -0.3 is 9.47 Å². The maximum absolute atomic E-state index is 12.4. The zero-order valence-electron chi connectivity index (χ0n) is 16.6. The Morgan fingerprint density at radius 3 is 2.50 bits per heavy atom. The Balaban J connectivity index is 1.71. The molecule has 0 saturated heterocycles. The topological polar surface area (TPSA) is 77.7 Å². The lowest BCUT2D eigenvalue weighted by atomic mass is 10.2. The van der Waals surface area contributed by atoms with Crippen molar-refractivity contribution in [2.45, 2.75) is 13.5 Å². The number of methoxy groups -OCH3 is 2. The normalized spacial score (nSPS) is 11.0. The van der Waals surface area contributed by atoms with Gasteiger partial charge in [-0.3, -0.25) is 4.79 Å². The van der Waals surface area contributed by atoms with Crippen LogP contribution in [0.5, 0.6) is 11.5 Å². The molecule has 156 valence electrons. The number of halogens is 2.